The van der Waals surface area contributed by atoms with Gasteiger partial charge in [-0.05, 0) is 103 Å². The van der Waals surface area contributed by atoms with Crippen molar-refractivity contribution >= 4 is 59.2 Å². The Morgan fingerprint density at radius 1 is 0.747 bits per heavy atom. The normalized spacial score (nSPS) is 16.2. The number of hydrogen-bond donors (Lipinski definition) is 19. The summed E-state index contributed by atoms with van der Waals surface area (Å²) >= 11 is 0. The van der Waals surface area contributed by atoms with Gasteiger partial charge in [-0.15, -0.1) is 0 Å². The van der Waals surface area contributed by atoms with Crippen LogP contribution in [0.3, 0.4) is 0 Å². The lowest BCUT2D eigenvalue weighted by Crippen LogP contribution is -2.61. The molecule has 1 aliphatic rings. The van der Waals surface area contributed by atoms with Crippen molar-refractivity contribution in [2.24, 2.45) is 40.1 Å². The summed E-state index contributed by atoms with van der Waals surface area (Å²) in [5, 5.41) is 47.7. The zero-order chi connectivity index (χ0) is 55.9. The second-order valence-corrected chi connectivity index (χ2v) is 17.9. The van der Waals surface area contributed by atoms with Crippen LogP contribution in [0.15, 0.2) is 24.3 Å². The van der Waals surface area contributed by atoms with Crippen molar-refractivity contribution in [3.63, 3.8) is 0 Å². The molecule has 30 nitrogen and oxygen atoms in total. The van der Waals surface area contributed by atoms with E-state index >= 15 is 0 Å². The molecule has 0 aliphatic carbocycles. The maximum atomic E-state index is 14.2. The van der Waals surface area contributed by atoms with Crippen molar-refractivity contribution in [3.05, 3.63) is 30.0 Å². The van der Waals surface area contributed by atoms with Crippen molar-refractivity contribution in [1.82, 2.24) is 57.4 Å². The van der Waals surface area contributed by atoms with Gasteiger partial charge in [0.05, 0.1) is 25.0 Å². The molecule has 30 heteroatoms. The zero-order valence-corrected chi connectivity index (χ0v) is 42.4. The molecule has 422 valence electrons. The number of aromatic nitrogens is 2. The van der Waals surface area contributed by atoms with Gasteiger partial charge in [0, 0.05) is 37.9 Å². The fraction of sp³-hybridized carbons (Fsp3) is 0.667. The number of carbonyl (C=O) groups excluding carboxylic acids is 8. The van der Waals surface area contributed by atoms with E-state index < -0.39 is 120 Å². The minimum Gasteiger partial charge on any atom is -0.477 e. The molecule has 26 N–H and O–H groups in total. The van der Waals surface area contributed by atoms with Gasteiger partial charge in [-0.2, -0.15) is 0 Å². The Hall–Kier alpha value is -6.83. The quantitative estimate of drug-likeness (QED) is 0.0127. The average Bonchev–Trinajstić information content (AvgIpc) is 4.10. The largest absolute Gasteiger partial charge is 0.477 e. The van der Waals surface area contributed by atoms with E-state index in [9.17, 15) is 53.4 Å². The number of likely N-dealkylation sites (tertiary alicyclic amines) is 1. The number of unbranched alkanes of at least 4 members (excludes halogenated alkanes) is 2. The standard InChI is InChI=1S/C45H81N19O11/c46-15-3-1-9-27(51)37(67)63-36(34(65)22-50)42(72)60-28(11-5-17-48)38(68)56-24-35(66)58-30(12-6-18-49)43(73)64-20-8-14-33(64)41(71)62-32(21-26-23-54-25-57-26)40(70)59-29(10-2-4-16-47)39(69)61-31(44(74)75)13-7-19-55-45(52)53/h13,23,25,27-30,32-34,36,65H,1-12,14-22,24,46-51H2,(H,54,57)(H,56,68)(H,58,66)(H,59,70)(H,60,72)(H,61,69)(H,62,71)(H,63,67)(H,74,75)(H4,52,53,55)/b31-13-/t27-,28-,29-,30+,32-,33-,34-,36-/m0/s1. The van der Waals surface area contributed by atoms with E-state index in [1.54, 1.807) is 0 Å². The number of aliphatic hydroxyl groups excluding tert-OH is 1. The van der Waals surface area contributed by atoms with Crippen LogP contribution in [-0.2, 0) is 49.6 Å². The van der Waals surface area contributed by atoms with E-state index in [4.69, 9.17) is 45.5 Å². The van der Waals surface area contributed by atoms with Gasteiger partial charge in [0.2, 0.25) is 47.3 Å². The molecule has 1 aromatic rings. The molecule has 0 radical (unpaired) electrons. The Labute approximate surface area is 435 Å². The molecule has 2 heterocycles. The molecule has 0 bridgehead atoms. The molecular formula is C45H81N19O11. The molecule has 1 aromatic heterocycles. The number of aliphatic carboxylic acids is 1. The fourth-order valence-electron chi connectivity index (χ4n) is 7.81. The Bertz CT molecular complexity index is 2040. The first-order valence-electron chi connectivity index (χ1n) is 25.1. The summed E-state index contributed by atoms with van der Waals surface area (Å²) in [6.07, 6.45) is 5.72. The van der Waals surface area contributed by atoms with Crippen LogP contribution in [0.4, 0.5) is 0 Å². The summed E-state index contributed by atoms with van der Waals surface area (Å²) in [7, 11) is 0. The number of carboxylic acid groups (broad SMARTS) is 1. The molecule has 0 spiro atoms. The maximum Gasteiger partial charge on any atom is 0.352 e. The third kappa shape index (κ3) is 23.5. The molecule has 0 aromatic carbocycles. The zero-order valence-electron chi connectivity index (χ0n) is 42.4. The van der Waals surface area contributed by atoms with E-state index in [1.165, 1.54) is 23.5 Å². The monoisotopic (exact) mass is 1060 g/mol. The summed E-state index contributed by atoms with van der Waals surface area (Å²) in [6, 6.07) is -8.91. The van der Waals surface area contributed by atoms with Gasteiger partial charge in [-0.3, -0.25) is 43.8 Å². The summed E-state index contributed by atoms with van der Waals surface area (Å²) < 4.78 is 0. The van der Waals surface area contributed by atoms with E-state index in [0.29, 0.717) is 44.3 Å². The number of aromatic amines is 1. The Balaban J connectivity index is 2.26. The Kier molecular flexibility index (Phi) is 30.3. The number of nitrogens with zero attached hydrogens (tertiary/aromatic N) is 2. The van der Waals surface area contributed by atoms with E-state index in [-0.39, 0.29) is 96.5 Å². The number of carboxylic acids is 1. The minimum atomic E-state index is -1.59. The second kappa shape index (κ2) is 35.4. The molecular weight excluding hydrogens is 983 g/mol. The van der Waals surface area contributed by atoms with Gasteiger partial charge in [-0.1, -0.05) is 12.5 Å². The van der Waals surface area contributed by atoms with Crippen molar-refractivity contribution in [3.8, 4) is 0 Å². The van der Waals surface area contributed by atoms with Crippen LogP contribution in [-0.4, -0.2) is 185 Å². The number of aliphatic hydroxyl groups is 1. The lowest BCUT2D eigenvalue weighted by molar-refractivity contribution is -0.142. The first-order chi connectivity index (χ1) is 35.8. The van der Waals surface area contributed by atoms with Gasteiger partial charge in [0.25, 0.3) is 0 Å². The fourth-order valence-corrected chi connectivity index (χ4v) is 7.81. The number of guanidine groups is 1. The van der Waals surface area contributed by atoms with Gasteiger partial charge in [0.1, 0.15) is 41.9 Å². The predicted octanol–water partition coefficient (Wildman–Crippen LogP) is -7.18. The molecule has 2 rings (SSSR count). The van der Waals surface area contributed by atoms with E-state index in [1.807, 2.05) is 0 Å². The van der Waals surface area contributed by atoms with Crippen LogP contribution in [0.1, 0.15) is 89.2 Å². The number of amides is 8. The lowest BCUT2D eigenvalue weighted by atomic mass is 10.1. The summed E-state index contributed by atoms with van der Waals surface area (Å²) in [4.78, 5) is 129. The number of carbonyl (C=O) groups is 9. The van der Waals surface area contributed by atoms with Crippen molar-refractivity contribution in [2.45, 2.75) is 138 Å². The number of rotatable bonds is 37. The van der Waals surface area contributed by atoms with Crippen molar-refractivity contribution in [2.75, 3.05) is 52.4 Å². The van der Waals surface area contributed by atoms with Gasteiger partial charge in [-0.25, -0.2) is 9.78 Å². The topological polar surface area (TPSA) is 528 Å². The minimum absolute atomic E-state index is 0.00686. The maximum absolute atomic E-state index is 14.2. The number of hydrogen-bond acceptors (Lipinski definition) is 18. The van der Waals surface area contributed by atoms with Crippen LogP contribution >= 0.6 is 0 Å². The summed E-state index contributed by atoms with van der Waals surface area (Å²) in [5.41, 5.74) is 39.5. The van der Waals surface area contributed by atoms with Crippen LogP contribution < -0.4 is 82.7 Å². The average molecular weight is 1060 g/mol. The first kappa shape index (κ1) is 64.3. The molecule has 1 fully saturated rings. The molecule has 8 atom stereocenters. The highest BCUT2D eigenvalue weighted by molar-refractivity contribution is 5.99. The second-order valence-electron chi connectivity index (χ2n) is 17.9. The number of nitrogens with one attached hydrogen (secondary N) is 10. The van der Waals surface area contributed by atoms with Gasteiger partial charge < -0.3 is 103 Å². The van der Waals surface area contributed by atoms with Crippen LogP contribution in [0, 0.1) is 5.41 Å². The third-order valence-corrected chi connectivity index (χ3v) is 11.9. The van der Waals surface area contributed by atoms with E-state index in [0.717, 1.165) is 0 Å². The van der Waals surface area contributed by atoms with Crippen LogP contribution in [0.5, 0.6) is 0 Å². The molecule has 1 aliphatic heterocycles. The number of imidazole rings is 1. The third-order valence-electron chi connectivity index (χ3n) is 11.9. The van der Waals surface area contributed by atoms with Crippen molar-refractivity contribution in [1.29, 1.82) is 5.41 Å². The molecule has 1 saturated heterocycles. The molecule has 75 heavy (non-hydrogen) atoms. The number of nitrogens with two attached hydrogens (primary N) is 7. The van der Waals surface area contributed by atoms with Crippen LogP contribution in [0.2, 0.25) is 0 Å². The van der Waals surface area contributed by atoms with Crippen LogP contribution in [0.25, 0.3) is 0 Å². The highest BCUT2D eigenvalue weighted by atomic mass is 16.4. The molecule has 0 saturated carbocycles. The highest BCUT2D eigenvalue weighted by Crippen LogP contribution is 2.20. The van der Waals surface area contributed by atoms with Crippen molar-refractivity contribution < 1.29 is 53.4 Å². The highest BCUT2D eigenvalue weighted by Gasteiger charge is 2.40. The summed E-state index contributed by atoms with van der Waals surface area (Å²) in [5.74, 6) is -8.17. The SMILES string of the molecule is N=C(N)NCC/C=C(\NC(=O)[C@H](CCCCN)NC(=O)[C@H](Cc1cnc[nH]1)NC(=O)[C@@H]1CCCN1C(=O)[C@@H](CCCN)NC(=O)CNC(=O)[C@H](CCCN)NC(=O)[C@@H](NC(=O)[C@@H](N)CCCCN)[C@@H](O)CN)C(=O)O. The van der Waals surface area contributed by atoms with Gasteiger partial charge >= 0.3 is 5.97 Å². The summed E-state index contributed by atoms with van der Waals surface area (Å²) in [6.45, 7) is 0.00732. The molecule has 0 unspecified atom stereocenters. The molecule has 8 amide bonds. The Morgan fingerprint density at radius 3 is 1.96 bits per heavy atom. The van der Waals surface area contributed by atoms with Gasteiger partial charge in [0.15, 0.2) is 5.96 Å². The lowest BCUT2D eigenvalue weighted by Gasteiger charge is -2.30. The smallest absolute Gasteiger partial charge is 0.352 e. The number of H-pyrrole nitrogens is 1. The Morgan fingerprint density at radius 2 is 1.36 bits per heavy atom. The first-order valence-corrected chi connectivity index (χ1v) is 25.1. The predicted molar refractivity (Wildman–Crippen MR) is 274 cm³/mol. The van der Waals surface area contributed by atoms with E-state index in [2.05, 4.69) is 52.5 Å².